The number of rotatable bonds is 1. The Morgan fingerprint density at radius 3 is 1.09 bits per heavy atom. The van der Waals surface area contributed by atoms with Crippen LogP contribution in [0.4, 0.5) is 0 Å². The molecule has 0 spiro atoms. The molecule has 0 atom stereocenters. The van der Waals surface area contributed by atoms with Crippen LogP contribution in [0.1, 0.15) is 13.8 Å². The van der Waals surface area contributed by atoms with Crippen LogP contribution < -0.4 is 57.5 Å². The van der Waals surface area contributed by atoms with E-state index < -0.39 is 0 Å². The van der Waals surface area contributed by atoms with Crippen molar-refractivity contribution in [3.63, 3.8) is 0 Å². The Hall–Kier alpha value is 2.29. The SMILES string of the molecule is CC(C)N(C)C.I.N.[CH3-].[CH3-].[K+]. The third-order valence-corrected chi connectivity index (χ3v) is 1.03. The number of hydrogen-bond donors (Lipinski definition) is 1. The minimum Gasteiger partial charge on any atom is -0.358 e. The van der Waals surface area contributed by atoms with Crippen molar-refractivity contribution in [2.75, 3.05) is 14.1 Å². The van der Waals surface area contributed by atoms with Crippen LogP contribution in [-0.4, -0.2) is 25.0 Å². The number of nitrogens with zero attached hydrogens (tertiary/aromatic N) is 1. The van der Waals surface area contributed by atoms with Crippen LogP contribution in [0.15, 0.2) is 0 Å². The fraction of sp³-hybridized carbons (Fsp3) is 0.714. The summed E-state index contributed by atoms with van der Waals surface area (Å²) < 4.78 is 0. The predicted octanol–water partition coefficient (Wildman–Crippen LogP) is -0.359. The molecule has 0 aromatic heterocycles. The zero-order valence-electron chi connectivity index (χ0n) is 9.14. The van der Waals surface area contributed by atoms with Crippen molar-refractivity contribution in [2.24, 2.45) is 0 Å². The van der Waals surface area contributed by atoms with E-state index in [1.165, 1.54) is 0 Å². The van der Waals surface area contributed by atoms with Crippen molar-refractivity contribution in [1.82, 2.24) is 11.1 Å². The third-order valence-electron chi connectivity index (χ3n) is 1.03. The first-order chi connectivity index (χ1) is 2.64. The molecule has 0 fully saturated rings. The van der Waals surface area contributed by atoms with Gasteiger partial charge in [-0.2, -0.15) is 0 Å². The maximum Gasteiger partial charge on any atom is 1.00 e. The molecule has 0 aromatic rings. The van der Waals surface area contributed by atoms with E-state index in [1.807, 2.05) is 0 Å². The van der Waals surface area contributed by atoms with Gasteiger partial charge >= 0.3 is 51.4 Å². The summed E-state index contributed by atoms with van der Waals surface area (Å²) in [7, 11) is 4.15. The average Bonchev–Trinajstić information content (AvgIpc) is 1.36. The normalized spacial score (nSPS) is 6.00. The van der Waals surface area contributed by atoms with Gasteiger partial charge in [0.1, 0.15) is 0 Å². The second-order valence-electron chi connectivity index (χ2n) is 2.06. The van der Waals surface area contributed by atoms with Gasteiger partial charge in [0.05, 0.1) is 0 Å². The van der Waals surface area contributed by atoms with E-state index in [9.17, 15) is 0 Å². The molecule has 3 N–H and O–H groups in total. The molecule has 0 rings (SSSR count). The van der Waals surface area contributed by atoms with Gasteiger partial charge in [-0.25, -0.2) is 0 Å². The van der Waals surface area contributed by atoms with Gasteiger partial charge in [-0.05, 0) is 27.9 Å². The topological polar surface area (TPSA) is 38.2 Å². The van der Waals surface area contributed by atoms with E-state index in [4.69, 9.17) is 0 Å². The molecule has 0 bridgehead atoms. The summed E-state index contributed by atoms with van der Waals surface area (Å²) in [6.07, 6.45) is 0. The third kappa shape index (κ3) is 32.9. The summed E-state index contributed by atoms with van der Waals surface area (Å²) in [5.74, 6) is 0. The van der Waals surface area contributed by atoms with Crippen LogP contribution >= 0.6 is 24.0 Å². The molecule has 0 aliphatic rings. The van der Waals surface area contributed by atoms with Gasteiger partial charge in [0, 0.05) is 6.04 Å². The van der Waals surface area contributed by atoms with Crippen molar-refractivity contribution < 1.29 is 51.4 Å². The Balaban J connectivity index is -0.0000000125. The summed E-state index contributed by atoms with van der Waals surface area (Å²) >= 11 is 0. The predicted molar refractivity (Wildman–Crippen MR) is 62.1 cm³/mol. The summed E-state index contributed by atoms with van der Waals surface area (Å²) in [6.45, 7) is 4.33. The molecule has 0 amide bonds. The smallest absolute Gasteiger partial charge is 0.358 e. The van der Waals surface area contributed by atoms with Gasteiger partial charge in [-0.1, -0.05) is 0 Å². The molecule has 0 heterocycles. The maximum atomic E-state index is 2.17. The summed E-state index contributed by atoms with van der Waals surface area (Å²) in [5.41, 5.74) is 0. The quantitative estimate of drug-likeness (QED) is 0.408. The van der Waals surface area contributed by atoms with Crippen molar-refractivity contribution in [3.05, 3.63) is 14.9 Å². The zero-order chi connectivity index (χ0) is 5.15. The summed E-state index contributed by atoms with van der Waals surface area (Å²) in [6, 6.07) is 0.685. The average molecular weight is 301 g/mol. The molecule has 0 unspecified atom stereocenters. The van der Waals surface area contributed by atoms with Crippen LogP contribution in [0.3, 0.4) is 0 Å². The molecule has 0 aliphatic carbocycles. The number of halogens is 1. The van der Waals surface area contributed by atoms with E-state index in [2.05, 4.69) is 32.8 Å². The maximum absolute atomic E-state index is 2.17. The molecule has 0 radical (unpaired) electrons. The van der Waals surface area contributed by atoms with Crippen molar-refractivity contribution >= 4 is 24.0 Å². The minimum atomic E-state index is 0. The fourth-order valence-corrected chi connectivity index (χ4v) is 0. The molecule has 0 saturated carbocycles. The number of hydrogen-bond acceptors (Lipinski definition) is 2. The van der Waals surface area contributed by atoms with Crippen LogP contribution in [-0.2, 0) is 0 Å². The van der Waals surface area contributed by atoms with Gasteiger partial charge in [0.2, 0.25) is 0 Å². The van der Waals surface area contributed by atoms with Crippen LogP contribution in [0.5, 0.6) is 0 Å². The van der Waals surface area contributed by atoms with Gasteiger partial charge in [0.15, 0.2) is 0 Å². The van der Waals surface area contributed by atoms with Crippen molar-refractivity contribution in [2.45, 2.75) is 19.9 Å². The molecule has 11 heavy (non-hydrogen) atoms. The van der Waals surface area contributed by atoms with Crippen LogP contribution in [0.2, 0.25) is 0 Å². The van der Waals surface area contributed by atoms with E-state index in [1.54, 1.807) is 0 Å². The second kappa shape index (κ2) is 22.8. The first kappa shape index (κ1) is 37.8. The summed E-state index contributed by atoms with van der Waals surface area (Å²) in [4.78, 5) is 2.17. The molecule has 2 nitrogen and oxygen atoms in total. The largest absolute Gasteiger partial charge is 1.00 e. The van der Waals surface area contributed by atoms with Gasteiger partial charge in [-0.3, -0.25) is 0 Å². The van der Waals surface area contributed by atoms with E-state index in [0.717, 1.165) is 0 Å². The van der Waals surface area contributed by atoms with E-state index in [-0.39, 0.29) is 96.4 Å². The molecular formula is C7H23IKN2-. The monoisotopic (exact) mass is 301 g/mol. The first-order valence-corrected chi connectivity index (χ1v) is 2.31. The first-order valence-electron chi connectivity index (χ1n) is 2.31. The van der Waals surface area contributed by atoms with E-state index >= 15 is 0 Å². The van der Waals surface area contributed by atoms with Crippen molar-refractivity contribution in [1.29, 1.82) is 0 Å². The molecule has 0 aromatic carbocycles. The van der Waals surface area contributed by atoms with E-state index in [0.29, 0.717) is 6.04 Å². The molecule has 70 valence electrons. The Morgan fingerprint density at radius 1 is 1.00 bits per heavy atom. The standard InChI is InChI=1S/C5H13N.2CH3.HI.K.H3N/c1-5(2)6(3)4;;;;;/h5H,1-4H3;2*1H3;1H;;1H3/q;2*-1;;+1;. The van der Waals surface area contributed by atoms with Gasteiger partial charge in [0.25, 0.3) is 0 Å². The Labute approximate surface area is 133 Å². The molecule has 0 aliphatic heterocycles. The molecule has 0 saturated heterocycles. The Morgan fingerprint density at radius 2 is 1.09 bits per heavy atom. The van der Waals surface area contributed by atoms with Crippen LogP contribution in [0, 0.1) is 14.9 Å². The Bertz CT molecular complexity index is 37.4. The van der Waals surface area contributed by atoms with Crippen LogP contribution in [0.25, 0.3) is 0 Å². The minimum absolute atomic E-state index is 0. The summed E-state index contributed by atoms with van der Waals surface area (Å²) in [5, 5.41) is 0. The molecule has 4 heteroatoms. The van der Waals surface area contributed by atoms with Crippen molar-refractivity contribution in [3.8, 4) is 0 Å². The zero-order valence-corrected chi connectivity index (χ0v) is 14.6. The van der Waals surface area contributed by atoms with Gasteiger partial charge < -0.3 is 25.9 Å². The second-order valence-corrected chi connectivity index (χ2v) is 2.06. The van der Waals surface area contributed by atoms with Gasteiger partial charge in [-0.15, -0.1) is 24.0 Å². The Kier molecular flexibility index (Phi) is 78.3. The molecular weight excluding hydrogens is 278 g/mol. The fourth-order valence-electron chi connectivity index (χ4n) is 0.